The van der Waals surface area contributed by atoms with E-state index in [0.717, 1.165) is 81.7 Å². The first-order valence-electron chi connectivity index (χ1n) is 13.4. The van der Waals surface area contributed by atoms with Gasteiger partial charge in [0.05, 0.1) is 10.5 Å². The van der Waals surface area contributed by atoms with Gasteiger partial charge in [0.1, 0.15) is 23.7 Å². The Labute approximate surface area is 230 Å². The maximum Gasteiger partial charge on any atom is 0.439 e. The lowest BCUT2D eigenvalue weighted by atomic mass is 9.87. The standard InChI is InChI=1S/C31H27ClN4O3/c1-2-6-26-33-29-23(32)8-5-9-24(29)36(26)16-18-11-14-21-20(15-18)17-38-25-10-4-3-7-22(25)28(21)27(19-12-13-19)30-34-31(37)39-35-30/h3-5,7-11,14-15,19H,2,6,12-13,16-17H2,1H3,(H,34,35,37)/b28-27+. The number of H-pyrrole nitrogens is 1. The number of imidazole rings is 1. The molecule has 5 aromatic rings. The van der Waals surface area contributed by atoms with Crippen LogP contribution >= 0.6 is 11.6 Å². The normalized spacial score (nSPS) is 15.9. The molecule has 0 bridgehead atoms. The van der Waals surface area contributed by atoms with E-state index in [-0.39, 0.29) is 0 Å². The zero-order chi connectivity index (χ0) is 26.5. The van der Waals surface area contributed by atoms with Gasteiger partial charge in [-0.05, 0) is 66.1 Å². The number of aromatic amines is 1. The van der Waals surface area contributed by atoms with Crippen molar-refractivity contribution >= 4 is 33.8 Å². The van der Waals surface area contributed by atoms with Gasteiger partial charge in [0, 0.05) is 29.7 Å². The fourth-order valence-electron chi connectivity index (χ4n) is 5.67. The molecule has 3 aromatic carbocycles. The average Bonchev–Trinajstić information content (AvgIpc) is 3.63. The molecule has 196 valence electrons. The monoisotopic (exact) mass is 538 g/mol. The van der Waals surface area contributed by atoms with Gasteiger partial charge in [-0.1, -0.05) is 60.1 Å². The smallest absolute Gasteiger partial charge is 0.439 e. The molecule has 0 saturated heterocycles. The number of aromatic nitrogens is 4. The largest absolute Gasteiger partial charge is 0.488 e. The molecule has 1 fully saturated rings. The van der Waals surface area contributed by atoms with Crippen molar-refractivity contribution in [3.05, 3.63) is 110 Å². The lowest BCUT2D eigenvalue weighted by Crippen LogP contribution is -2.07. The number of hydrogen-bond donors (Lipinski definition) is 1. The molecule has 0 atom stereocenters. The van der Waals surface area contributed by atoms with Crippen LogP contribution in [0.1, 0.15) is 60.1 Å². The zero-order valence-electron chi connectivity index (χ0n) is 21.5. The summed E-state index contributed by atoms with van der Waals surface area (Å²) in [5, 5.41) is 4.77. The van der Waals surface area contributed by atoms with Crippen molar-refractivity contribution in [3.63, 3.8) is 0 Å². The fraction of sp³-hybridized carbons (Fsp3) is 0.258. The highest BCUT2D eigenvalue weighted by Crippen LogP contribution is 2.49. The molecule has 0 spiro atoms. The van der Waals surface area contributed by atoms with E-state index in [2.05, 4.69) is 52.0 Å². The highest BCUT2D eigenvalue weighted by atomic mass is 35.5. The second-order valence-electron chi connectivity index (χ2n) is 10.3. The molecule has 0 amide bonds. The van der Waals surface area contributed by atoms with E-state index in [1.165, 1.54) is 0 Å². The summed E-state index contributed by atoms with van der Waals surface area (Å²) in [6.07, 6.45) is 3.96. The molecular formula is C31H27ClN4O3. The molecule has 7 rings (SSSR count). The lowest BCUT2D eigenvalue weighted by Gasteiger charge is -2.17. The number of fused-ring (bicyclic) bond motifs is 3. The first-order chi connectivity index (χ1) is 19.1. The van der Waals surface area contributed by atoms with Gasteiger partial charge >= 0.3 is 5.76 Å². The third-order valence-electron chi connectivity index (χ3n) is 7.55. The molecule has 1 aliphatic carbocycles. The fourth-order valence-corrected chi connectivity index (χ4v) is 5.88. The Balaban J connectivity index is 1.38. The van der Waals surface area contributed by atoms with Crippen molar-refractivity contribution in [2.45, 2.75) is 45.8 Å². The maximum atomic E-state index is 11.9. The van der Waals surface area contributed by atoms with E-state index in [0.29, 0.717) is 29.9 Å². The van der Waals surface area contributed by atoms with Crippen molar-refractivity contribution in [1.29, 1.82) is 0 Å². The van der Waals surface area contributed by atoms with Gasteiger partial charge in [-0.3, -0.25) is 9.51 Å². The summed E-state index contributed by atoms with van der Waals surface area (Å²) in [7, 11) is 0. The molecule has 0 radical (unpaired) electrons. The molecule has 1 aliphatic heterocycles. The second kappa shape index (κ2) is 9.58. The molecule has 7 nitrogen and oxygen atoms in total. The highest BCUT2D eigenvalue weighted by molar-refractivity contribution is 6.34. The summed E-state index contributed by atoms with van der Waals surface area (Å²) >= 11 is 6.50. The molecule has 0 unspecified atom stereocenters. The SMILES string of the molecule is CCCc1nc2c(Cl)cccc2n1Cc1ccc2c(c1)COc1ccccc1/C2=C(/c1noc(=O)[nH]1)C1CC1. The molecule has 2 aliphatic rings. The van der Waals surface area contributed by atoms with Crippen molar-refractivity contribution in [1.82, 2.24) is 19.7 Å². The minimum Gasteiger partial charge on any atom is -0.488 e. The number of nitrogens with zero attached hydrogens (tertiary/aromatic N) is 3. The second-order valence-corrected chi connectivity index (χ2v) is 10.7. The Bertz CT molecular complexity index is 1810. The molecule has 3 heterocycles. The topological polar surface area (TPSA) is 85.9 Å². The van der Waals surface area contributed by atoms with Gasteiger partial charge in [0.15, 0.2) is 5.82 Å². The van der Waals surface area contributed by atoms with Crippen molar-refractivity contribution in [2.75, 3.05) is 0 Å². The van der Waals surface area contributed by atoms with E-state index in [1.54, 1.807) is 0 Å². The van der Waals surface area contributed by atoms with Gasteiger partial charge in [-0.15, -0.1) is 0 Å². The van der Waals surface area contributed by atoms with Crippen LogP contribution in [0.2, 0.25) is 5.02 Å². The number of rotatable bonds is 6. The third-order valence-corrected chi connectivity index (χ3v) is 7.86. The average molecular weight is 539 g/mol. The Kier molecular flexibility index (Phi) is 5.89. The summed E-state index contributed by atoms with van der Waals surface area (Å²) in [4.78, 5) is 19.6. The molecule has 39 heavy (non-hydrogen) atoms. The maximum absolute atomic E-state index is 11.9. The number of hydrogen-bond acceptors (Lipinski definition) is 5. The highest BCUT2D eigenvalue weighted by Gasteiger charge is 2.35. The third kappa shape index (κ3) is 4.27. The predicted molar refractivity (Wildman–Crippen MR) is 151 cm³/mol. The number of ether oxygens (including phenoxy) is 1. The Morgan fingerprint density at radius 1 is 1.10 bits per heavy atom. The van der Waals surface area contributed by atoms with Crippen molar-refractivity contribution in [3.8, 4) is 5.75 Å². The quantitative estimate of drug-likeness (QED) is 0.262. The van der Waals surface area contributed by atoms with E-state index >= 15 is 0 Å². The van der Waals surface area contributed by atoms with Crippen LogP contribution in [0.4, 0.5) is 0 Å². The van der Waals surface area contributed by atoms with E-state index in [1.807, 2.05) is 30.3 Å². The van der Waals surface area contributed by atoms with Crippen molar-refractivity contribution in [2.24, 2.45) is 5.92 Å². The number of para-hydroxylation sites is 2. The van der Waals surface area contributed by atoms with Crippen LogP contribution in [0, 0.1) is 5.92 Å². The Hall–Kier alpha value is -4.10. The number of benzene rings is 3. The van der Waals surface area contributed by atoms with Gasteiger partial charge in [-0.25, -0.2) is 9.78 Å². The van der Waals surface area contributed by atoms with Gasteiger partial charge in [0.25, 0.3) is 0 Å². The number of aryl methyl sites for hydroxylation is 1. The lowest BCUT2D eigenvalue weighted by molar-refractivity contribution is 0.307. The minimum absolute atomic E-state index is 0.304. The molecule has 1 saturated carbocycles. The Morgan fingerprint density at radius 3 is 2.77 bits per heavy atom. The van der Waals surface area contributed by atoms with Crippen LogP contribution in [0.3, 0.4) is 0 Å². The van der Waals surface area contributed by atoms with Crippen LogP contribution in [-0.2, 0) is 19.6 Å². The number of nitrogens with one attached hydrogen (secondary N) is 1. The molecular weight excluding hydrogens is 512 g/mol. The Morgan fingerprint density at radius 2 is 1.97 bits per heavy atom. The summed E-state index contributed by atoms with van der Waals surface area (Å²) in [5.74, 6) is 2.10. The molecule has 1 N–H and O–H groups in total. The summed E-state index contributed by atoms with van der Waals surface area (Å²) in [6.45, 7) is 3.28. The van der Waals surface area contributed by atoms with E-state index < -0.39 is 5.76 Å². The minimum atomic E-state index is -0.548. The van der Waals surface area contributed by atoms with E-state index in [4.69, 9.17) is 25.8 Å². The van der Waals surface area contributed by atoms with Crippen LogP contribution in [0.15, 0.2) is 70.0 Å². The van der Waals surface area contributed by atoms with Gasteiger partial charge in [0.2, 0.25) is 0 Å². The number of halogens is 1. The molecule has 2 aromatic heterocycles. The molecule has 8 heteroatoms. The van der Waals surface area contributed by atoms with Crippen LogP contribution in [-0.4, -0.2) is 19.7 Å². The van der Waals surface area contributed by atoms with Crippen LogP contribution in [0.25, 0.3) is 22.2 Å². The number of allylic oxidation sites excluding steroid dienone is 1. The first-order valence-corrected chi connectivity index (χ1v) is 13.8. The van der Waals surface area contributed by atoms with E-state index in [9.17, 15) is 4.79 Å². The van der Waals surface area contributed by atoms with Gasteiger partial charge in [-0.2, -0.15) is 0 Å². The van der Waals surface area contributed by atoms with Gasteiger partial charge < -0.3 is 9.30 Å². The van der Waals surface area contributed by atoms with Crippen molar-refractivity contribution < 1.29 is 9.26 Å². The van der Waals surface area contributed by atoms with Crippen LogP contribution < -0.4 is 10.5 Å². The summed E-state index contributed by atoms with van der Waals surface area (Å²) < 4.78 is 13.5. The zero-order valence-corrected chi connectivity index (χ0v) is 22.3. The van der Waals surface area contributed by atoms with Crippen LogP contribution in [0.5, 0.6) is 5.75 Å². The first kappa shape index (κ1) is 24.0. The predicted octanol–water partition coefficient (Wildman–Crippen LogP) is 6.63. The summed E-state index contributed by atoms with van der Waals surface area (Å²) in [5.41, 5.74) is 8.26. The summed E-state index contributed by atoms with van der Waals surface area (Å²) in [6, 6.07) is 20.6.